The molecule has 3 nitrogen and oxygen atoms in total. The van der Waals surface area contributed by atoms with E-state index in [9.17, 15) is 15.3 Å². The Morgan fingerprint density at radius 3 is 0.947 bits per heavy atom. The van der Waals surface area contributed by atoms with E-state index in [1.165, 1.54) is 142 Å². The quantitative estimate of drug-likeness (QED) is 0.0830. The Labute approximate surface area is 463 Å². The molecule has 0 amide bonds. The van der Waals surface area contributed by atoms with Gasteiger partial charge in [0.25, 0.3) is 0 Å². The van der Waals surface area contributed by atoms with Gasteiger partial charge in [0.05, 0.1) is 0 Å². The van der Waals surface area contributed by atoms with Crippen LogP contribution in [-0.4, -0.2) is 15.3 Å². The second kappa shape index (κ2) is 25.6. The van der Waals surface area contributed by atoms with Crippen LogP contribution in [0, 0.1) is 11.3 Å². The van der Waals surface area contributed by atoms with E-state index < -0.39 is 0 Å². The second-order valence-corrected chi connectivity index (χ2v) is 30.3. The van der Waals surface area contributed by atoms with Crippen LogP contribution in [0.25, 0.3) is 0 Å². The largest absolute Gasteiger partial charge is 0.507 e. The Balaban J connectivity index is 1.92. The molecule has 0 aromatic heterocycles. The molecule has 0 saturated carbocycles. The maximum absolute atomic E-state index is 12.1. The Morgan fingerprint density at radius 1 is 0.387 bits per heavy atom. The summed E-state index contributed by atoms with van der Waals surface area (Å²) < 4.78 is 0. The van der Waals surface area contributed by atoms with Crippen molar-refractivity contribution in [3.8, 4) is 17.2 Å². The van der Waals surface area contributed by atoms with Crippen molar-refractivity contribution in [3.63, 3.8) is 0 Å². The van der Waals surface area contributed by atoms with Crippen molar-refractivity contribution < 1.29 is 15.3 Å². The van der Waals surface area contributed by atoms with Crippen LogP contribution in [0.15, 0.2) is 58.7 Å². The van der Waals surface area contributed by atoms with Gasteiger partial charge in [-0.2, -0.15) is 0 Å². The first-order valence-electron chi connectivity index (χ1n) is 30.5. The van der Waals surface area contributed by atoms with Gasteiger partial charge in [0.2, 0.25) is 0 Å². The Morgan fingerprint density at radius 2 is 0.653 bits per heavy atom. The van der Waals surface area contributed by atoms with E-state index in [1.807, 2.05) is 0 Å². The van der Waals surface area contributed by atoms with Crippen LogP contribution >= 0.6 is 0 Å². The number of hydrogen-bond acceptors (Lipinski definition) is 3. The molecule has 0 heterocycles. The van der Waals surface area contributed by atoms with Crippen molar-refractivity contribution in [2.45, 2.75) is 313 Å². The van der Waals surface area contributed by atoms with Crippen LogP contribution in [0.2, 0.25) is 0 Å². The second-order valence-electron chi connectivity index (χ2n) is 30.3. The lowest BCUT2D eigenvalue weighted by Gasteiger charge is -2.48. The minimum atomic E-state index is -0.236. The molecule has 0 spiro atoms. The average molecular weight is 1030 g/mol. The molecular weight excluding hydrogens is 913 g/mol. The maximum atomic E-state index is 12.1. The molecule has 75 heavy (non-hydrogen) atoms. The summed E-state index contributed by atoms with van der Waals surface area (Å²) >= 11 is 0. The van der Waals surface area contributed by atoms with Gasteiger partial charge in [0.15, 0.2) is 0 Å². The fraction of sp³-hybridized carbons (Fsp3) is 0.694. The Bertz CT molecular complexity index is 2300. The van der Waals surface area contributed by atoms with Crippen molar-refractivity contribution in [1.82, 2.24) is 0 Å². The highest BCUT2D eigenvalue weighted by Crippen LogP contribution is 2.55. The number of aromatic hydroxyl groups is 3. The normalized spacial score (nSPS) is 17.4. The van der Waals surface area contributed by atoms with Gasteiger partial charge in [-0.1, -0.05) is 289 Å². The Kier molecular flexibility index (Phi) is 21.8. The monoisotopic (exact) mass is 1030 g/mol. The molecule has 2 atom stereocenters. The zero-order chi connectivity index (χ0) is 56.7. The van der Waals surface area contributed by atoms with Gasteiger partial charge < -0.3 is 15.3 Å². The number of rotatable bonds is 23. The van der Waals surface area contributed by atoms with Crippen LogP contribution in [0.3, 0.4) is 0 Å². The predicted molar refractivity (Wildman–Crippen MR) is 329 cm³/mol. The highest BCUT2D eigenvalue weighted by Gasteiger charge is 2.45. The summed E-state index contributed by atoms with van der Waals surface area (Å²) in [6.45, 7) is 49.9. The van der Waals surface area contributed by atoms with Gasteiger partial charge in [0.1, 0.15) is 17.2 Å². The average Bonchev–Trinajstić information content (AvgIpc) is 3.27. The van der Waals surface area contributed by atoms with Gasteiger partial charge in [0, 0.05) is 5.41 Å². The van der Waals surface area contributed by atoms with E-state index in [1.54, 1.807) is 0 Å². The van der Waals surface area contributed by atoms with Crippen molar-refractivity contribution in [2.75, 3.05) is 0 Å². The van der Waals surface area contributed by atoms with Gasteiger partial charge in [-0.3, -0.25) is 0 Å². The Hall–Kier alpha value is -3.46. The van der Waals surface area contributed by atoms with Gasteiger partial charge in [-0.15, -0.1) is 0 Å². The number of phenolic OH excluding ortho intramolecular Hbond substituents is 3. The third kappa shape index (κ3) is 16.8. The molecule has 3 N–H and O–H groups in total. The van der Waals surface area contributed by atoms with Crippen LogP contribution in [0.1, 0.15) is 312 Å². The minimum Gasteiger partial charge on any atom is -0.507 e. The lowest BCUT2D eigenvalue weighted by atomic mass is 9.56. The zero-order valence-electron chi connectivity index (χ0n) is 53.0. The molecular formula is C72H116O3. The van der Waals surface area contributed by atoms with E-state index in [4.69, 9.17) is 0 Å². The first-order valence-corrected chi connectivity index (χ1v) is 30.5. The highest BCUT2D eigenvalue weighted by molar-refractivity contribution is 5.57. The molecule has 3 heteroatoms. The van der Waals surface area contributed by atoms with Crippen molar-refractivity contribution in [2.24, 2.45) is 11.3 Å². The minimum absolute atomic E-state index is 0.200. The standard InChI is InChI=1S/C72H116O3/c1-23-24-25-26-27-28-29-30-31-32-33-34-35-36-37-38-39-72(48-54-46-61(70(17,18)19)65(75)62(47-54)71(20,21)22)50(3)55(40-52-42-57(66(5,6)7)63(73)58(43-52)67(8,9)10)49(2)56(51(72)4)41-53-44-59(68(11,12)13)64(74)60(45-53)69(14,15)16/h42-47,50,73-75H,23-41,48H2,1-22H3. The third-order valence-electron chi connectivity index (χ3n) is 17.6. The molecule has 0 fully saturated rings. The van der Waals surface area contributed by atoms with Crippen molar-refractivity contribution in [1.29, 1.82) is 0 Å². The van der Waals surface area contributed by atoms with Gasteiger partial charge in [-0.05, 0) is 139 Å². The third-order valence-corrected chi connectivity index (χ3v) is 17.6. The topological polar surface area (TPSA) is 60.7 Å². The van der Waals surface area contributed by atoms with E-state index in [-0.39, 0.29) is 43.8 Å². The van der Waals surface area contributed by atoms with Crippen LogP contribution in [0.5, 0.6) is 17.2 Å². The summed E-state index contributed by atoms with van der Waals surface area (Å²) in [6, 6.07) is 14.0. The van der Waals surface area contributed by atoms with E-state index in [0.717, 1.165) is 59.1 Å². The SMILES string of the molecule is CCCCCCCCCCCCCCCCCCC1(Cc2cc(C(C)(C)C)c(O)c(C(C)(C)C)c2)C(C)=C(Cc2cc(C(C)(C)C)c(O)c(C(C)(C)C)c2)C(C)=C(Cc2cc(C(C)(C)C)c(O)c(C(C)(C)C)c2)C1C. The molecule has 422 valence electrons. The van der Waals surface area contributed by atoms with Crippen molar-refractivity contribution >= 4 is 0 Å². The molecule has 3 aromatic carbocycles. The molecule has 0 aliphatic heterocycles. The van der Waals surface area contributed by atoms with Gasteiger partial charge in [-0.25, -0.2) is 0 Å². The number of hydrogen-bond donors (Lipinski definition) is 3. The smallest absolute Gasteiger partial charge is 0.123 e. The maximum Gasteiger partial charge on any atom is 0.123 e. The summed E-state index contributed by atoms with van der Waals surface area (Å²) in [5, 5.41) is 36.0. The fourth-order valence-corrected chi connectivity index (χ4v) is 12.7. The predicted octanol–water partition coefficient (Wildman–Crippen LogP) is 21.5. The summed E-state index contributed by atoms with van der Waals surface area (Å²) in [7, 11) is 0. The fourth-order valence-electron chi connectivity index (χ4n) is 12.7. The molecule has 1 aliphatic rings. The van der Waals surface area contributed by atoms with Crippen LogP contribution in [-0.2, 0) is 51.8 Å². The number of unbranched alkanes of at least 4 members (excludes halogenated alkanes) is 15. The lowest BCUT2D eigenvalue weighted by molar-refractivity contribution is 0.216. The summed E-state index contributed by atoms with van der Waals surface area (Å²) in [6.07, 6.45) is 25.2. The van der Waals surface area contributed by atoms with E-state index in [0.29, 0.717) is 17.2 Å². The summed E-state index contributed by atoms with van der Waals surface area (Å²) in [5.41, 5.74) is 14.2. The van der Waals surface area contributed by atoms with Crippen molar-refractivity contribution in [3.05, 3.63) is 109 Å². The van der Waals surface area contributed by atoms with Gasteiger partial charge >= 0.3 is 0 Å². The first-order chi connectivity index (χ1) is 34.5. The van der Waals surface area contributed by atoms with E-state index in [2.05, 4.69) is 189 Å². The highest BCUT2D eigenvalue weighted by atomic mass is 16.3. The number of benzene rings is 3. The molecule has 3 aromatic rings. The zero-order valence-corrected chi connectivity index (χ0v) is 53.0. The van der Waals surface area contributed by atoms with E-state index >= 15 is 0 Å². The van der Waals surface area contributed by atoms with Crippen LogP contribution < -0.4 is 0 Å². The molecule has 0 bridgehead atoms. The van der Waals surface area contributed by atoms with Crippen LogP contribution in [0.4, 0.5) is 0 Å². The molecule has 0 saturated heterocycles. The lowest BCUT2D eigenvalue weighted by Crippen LogP contribution is -2.39. The molecule has 2 unspecified atom stereocenters. The molecule has 0 radical (unpaired) electrons. The molecule has 1 aliphatic carbocycles. The summed E-state index contributed by atoms with van der Waals surface area (Å²) in [4.78, 5) is 0. The first kappa shape index (κ1) is 64.1. The molecule has 4 rings (SSSR count). The summed E-state index contributed by atoms with van der Waals surface area (Å²) in [5.74, 6) is 1.53. The number of allylic oxidation sites excluding steroid dienone is 4. The number of phenols is 3.